The minimum Gasteiger partial charge on any atom is -0.744 e. The van der Waals surface area contributed by atoms with E-state index in [1.54, 1.807) is 12.1 Å². The van der Waals surface area contributed by atoms with Gasteiger partial charge in [-0.15, -0.1) is 0 Å². The maximum absolute atomic E-state index is 12.0. The molecule has 0 aliphatic rings. The number of fused-ring (bicyclic) bond motifs is 1. The van der Waals surface area contributed by atoms with Crippen LogP contribution in [-0.2, 0) is 23.0 Å². The second-order valence-electron chi connectivity index (χ2n) is 9.25. The van der Waals surface area contributed by atoms with Crippen LogP contribution in [0.15, 0.2) is 35.2 Å². The van der Waals surface area contributed by atoms with Crippen LogP contribution < -0.4 is 51.4 Å². The normalized spacial score (nSPS) is 11.6. The van der Waals surface area contributed by atoms with Gasteiger partial charge in [-0.1, -0.05) is 115 Å². The number of hydrogen-bond acceptors (Lipinski definition) is 3. The van der Waals surface area contributed by atoms with Gasteiger partial charge in [0.15, 0.2) is 0 Å². The van der Waals surface area contributed by atoms with E-state index in [4.69, 9.17) is 0 Å². The minimum atomic E-state index is -4.50. The van der Waals surface area contributed by atoms with E-state index in [0.717, 1.165) is 43.1 Å². The first-order valence-corrected chi connectivity index (χ1v) is 14.4. The van der Waals surface area contributed by atoms with Gasteiger partial charge in [-0.05, 0) is 53.6 Å². The van der Waals surface area contributed by atoms with Gasteiger partial charge in [0.2, 0.25) is 0 Å². The SMILES string of the molecule is CCCCCCCCCc1cc(S(=O)(=O)[O-])c2ccccc2c1CCCCCCCCC.[K+]. The molecule has 2 aromatic rings. The van der Waals surface area contributed by atoms with Gasteiger partial charge in [0.25, 0.3) is 0 Å². The van der Waals surface area contributed by atoms with Crippen LogP contribution >= 0.6 is 0 Å². The first-order valence-electron chi connectivity index (χ1n) is 13.0. The summed E-state index contributed by atoms with van der Waals surface area (Å²) in [6.07, 6.45) is 19.2. The van der Waals surface area contributed by atoms with Crippen LogP contribution in [0.1, 0.15) is 115 Å². The Hall–Kier alpha value is 0.246. The smallest absolute Gasteiger partial charge is 0.744 e. The predicted octanol–water partition coefficient (Wildman–Crippen LogP) is 5.33. The van der Waals surface area contributed by atoms with Crippen LogP contribution in [0.25, 0.3) is 10.8 Å². The van der Waals surface area contributed by atoms with Gasteiger partial charge < -0.3 is 4.55 Å². The molecule has 0 aliphatic carbocycles. The first-order chi connectivity index (χ1) is 15.5. The second kappa shape index (κ2) is 17.6. The van der Waals surface area contributed by atoms with Crippen molar-refractivity contribution in [2.45, 2.75) is 121 Å². The van der Waals surface area contributed by atoms with E-state index >= 15 is 0 Å². The van der Waals surface area contributed by atoms with E-state index < -0.39 is 10.1 Å². The Morgan fingerprint density at radius 2 is 1.12 bits per heavy atom. The van der Waals surface area contributed by atoms with E-state index in [1.807, 2.05) is 18.2 Å². The van der Waals surface area contributed by atoms with Gasteiger partial charge in [0.1, 0.15) is 10.1 Å². The summed E-state index contributed by atoms with van der Waals surface area (Å²) in [4.78, 5) is -0.0469. The molecule has 3 nitrogen and oxygen atoms in total. The maximum Gasteiger partial charge on any atom is 1.00 e. The summed E-state index contributed by atoms with van der Waals surface area (Å²) >= 11 is 0. The Bertz CT molecular complexity index is 909. The van der Waals surface area contributed by atoms with Crippen LogP contribution in [-0.4, -0.2) is 13.0 Å². The molecule has 0 atom stereocenters. The van der Waals surface area contributed by atoms with Gasteiger partial charge in [0, 0.05) is 0 Å². The average Bonchev–Trinajstić information content (AvgIpc) is 2.77. The third-order valence-corrected chi connectivity index (χ3v) is 7.44. The van der Waals surface area contributed by atoms with Crippen molar-refractivity contribution in [2.75, 3.05) is 0 Å². The summed E-state index contributed by atoms with van der Waals surface area (Å²) in [6.45, 7) is 4.47. The van der Waals surface area contributed by atoms with Crippen LogP contribution in [0.2, 0.25) is 0 Å². The molecule has 0 radical (unpaired) electrons. The van der Waals surface area contributed by atoms with E-state index in [-0.39, 0.29) is 56.3 Å². The predicted molar refractivity (Wildman–Crippen MR) is 135 cm³/mol. The molecule has 2 aromatic carbocycles. The Morgan fingerprint density at radius 1 is 0.667 bits per heavy atom. The molecular formula is C28H43KO3S. The van der Waals surface area contributed by atoms with E-state index in [2.05, 4.69) is 13.8 Å². The van der Waals surface area contributed by atoms with Crippen molar-refractivity contribution in [1.29, 1.82) is 0 Å². The van der Waals surface area contributed by atoms with Gasteiger partial charge >= 0.3 is 51.4 Å². The number of rotatable bonds is 17. The molecule has 0 fully saturated rings. The standard InChI is InChI=1S/C28H44O3S.K/c1-3-5-7-9-11-13-15-19-24-23-28(32(29,30)31)27-22-18-17-21-26(27)25(24)20-16-14-12-10-8-6-4-2;/h17-18,21-23H,3-16,19-20H2,1-2H3,(H,29,30,31);/q;+1/p-1. The van der Waals surface area contributed by atoms with E-state index in [9.17, 15) is 13.0 Å². The molecule has 0 spiro atoms. The molecule has 0 amide bonds. The number of hydrogen-bond donors (Lipinski definition) is 0. The third kappa shape index (κ3) is 11.2. The summed E-state index contributed by atoms with van der Waals surface area (Å²) in [6, 6.07) is 9.25. The molecule has 0 aromatic heterocycles. The van der Waals surface area contributed by atoms with Crippen molar-refractivity contribution in [3.8, 4) is 0 Å². The van der Waals surface area contributed by atoms with Crippen LogP contribution in [0.3, 0.4) is 0 Å². The van der Waals surface area contributed by atoms with Crippen molar-refractivity contribution in [3.05, 3.63) is 41.5 Å². The van der Waals surface area contributed by atoms with Gasteiger partial charge in [-0.25, -0.2) is 8.42 Å². The fourth-order valence-electron chi connectivity index (χ4n) is 4.71. The molecule has 0 bridgehead atoms. The molecule has 0 N–H and O–H groups in total. The first kappa shape index (κ1) is 31.3. The van der Waals surface area contributed by atoms with Gasteiger partial charge in [-0.2, -0.15) is 0 Å². The number of aryl methyl sites for hydroxylation is 2. The van der Waals surface area contributed by atoms with Gasteiger partial charge in [-0.3, -0.25) is 0 Å². The number of benzene rings is 2. The van der Waals surface area contributed by atoms with E-state index in [1.165, 1.54) is 76.2 Å². The molecule has 0 unspecified atom stereocenters. The monoisotopic (exact) mass is 498 g/mol. The third-order valence-electron chi connectivity index (χ3n) is 6.56. The number of unbranched alkanes of at least 4 members (excludes halogenated alkanes) is 12. The molecule has 180 valence electrons. The quantitative estimate of drug-likeness (QED) is 0.168. The zero-order valence-corrected chi connectivity index (χ0v) is 25.3. The molecular weight excluding hydrogens is 455 g/mol. The van der Waals surface area contributed by atoms with Crippen LogP contribution in [0.5, 0.6) is 0 Å². The topological polar surface area (TPSA) is 57.2 Å². The van der Waals surface area contributed by atoms with Crippen LogP contribution in [0, 0.1) is 0 Å². The van der Waals surface area contributed by atoms with Gasteiger partial charge in [0.05, 0.1) is 4.90 Å². The van der Waals surface area contributed by atoms with Crippen LogP contribution in [0.4, 0.5) is 0 Å². The summed E-state index contributed by atoms with van der Waals surface area (Å²) in [7, 11) is -4.50. The Balaban J connectivity index is 0.00000544. The molecule has 5 heteroatoms. The molecule has 2 rings (SSSR count). The second-order valence-corrected chi connectivity index (χ2v) is 10.6. The largest absolute Gasteiger partial charge is 1.00 e. The molecule has 0 aliphatic heterocycles. The zero-order chi connectivity index (χ0) is 23.2. The Kier molecular flexibility index (Phi) is 16.7. The Labute approximate surface area is 245 Å². The molecule has 33 heavy (non-hydrogen) atoms. The maximum atomic E-state index is 12.0. The Morgan fingerprint density at radius 3 is 1.64 bits per heavy atom. The summed E-state index contributed by atoms with van der Waals surface area (Å²) in [5, 5.41) is 1.54. The van der Waals surface area contributed by atoms with Crippen molar-refractivity contribution < 1.29 is 64.4 Å². The summed E-state index contributed by atoms with van der Waals surface area (Å²) in [5.41, 5.74) is 2.32. The van der Waals surface area contributed by atoms with Crippen molar-refractivity contribution in [1.82, 2.24) is 0 Å². The summed E-state index contributed by atoms with van der Waals surface area (Å²) in [5.74, 6) is 0. The minimum absolute atomic E-state index is 0. The van der Waals surface area contributed by atoms with Crippen molar-refractivity contribution >= 4 is 20.9 Å². The fraction of sp³-hybridized carbons (Fsp3) is 0.643. The fourth-order valence-corrected chi connectivity index (χ4v) is 5.45. The summed E-state index contributed by atoms with van der Waals surface area (Å²) < 4.78 is 36.1. The zero-order valence-electron chi connectivity index (χ0n) is 21.3. The molecule has 0 heterocycles. The van der Waals surface area contributed by atoms with E-state index in [0.29, 0.717) is 5.39 Å². The molecule has 0 saturated carbocycles. The van der Waals surface area contributed by atoms with Crippen molar-refractivity contribution in [3.63, 3.8) is 0 Å². The average molecular weight is 499 g/mol. The van der Waals surface area contributed by atoms with Crippen molar-refractivity contribution in [2.24, 2.45) is 0 Å². The molecule has 0 saturated heterocycles.